The highest BCUT2D eigenvalue weighted by atomic mass is 35.5. The predicted octanol–water partition coefficient (Wildman–Crippen LogP) is 3.10. The SMILES string of the molecule is CS(=O)(=O)C1CCCC(C(NN)c2ccc(Cl)cc2Cl)C1. The van der Waals surface area contributed by atoms with E-state index in [-0.39, 0.29) is 17.2 Å². The lowest BCUT2D eigenvalue weighted by atomic mass is 9.81. The maximum atomic E-state index is 11.8. The molecule has 3 atom stereocenters. The van der Waals surface area contributed by atoms with Crippen LogP contribution in [-0.2, 0) is 9.84 Å². The first kappa shape index (κ1) is 17.0. The third kappa shape index (κ3) is 4.11. The van der Waals surface area contributed by atoms with E-state index in [1.165, 1.54) is 6.26 Å². The summed E-state index contributed by atoms with van der Waals surface area (Å²) in [4.78, 5) is 0. The summed E-state index contributed by atoms with van der Waals surface area (Å²) >= 11 is 12.2. The van der Waals surface area contributed by atoms with Crippen LogP contribution in [0.25, 0.3) is 0 Å². The molecule has 0 saturated heterocycles. The van der Waals surface area contributed by atoms with Gasteiger partial charge in [0.15, 0.2) is 0 Å². The Labute approximate surface area is 135 Å². The van der Waals surface area contributed by atoms with E-state index in [1.54, 1.807) is 12.1 Å². The third-order valence-corrected chi connectivity index (χ3v) is 6.42. The van der Waals surface area contributed by atoms with E-state index in [4.69, 9.17) is 29.0 Å². The number of hydrogen-bond acceptors (Lipinski definition) is 4. The Morgan fingerprint density at radius 2 is 2.05 bits per heavy atom. The van der Waals surface area contributed by atoms with Gasteiger partial charge in [0, 0.05) is 16.3 Å². The Kier molecular flexibility index (Phi) is 5.54. The molecule has 1 aromatic carbocycles. The molecule has 1 aliphatic rings. The van der Waals surface area contributed by atoms with Crippen LogP contribution in [-0.4, -0.2) is 19.9 Å². The second-order valence-electron chi connectivity index (χ2n) is 5.69. The monoisotopic (exact) mass is 350 g/mol. The van der Waals surface area contributed by atoms with E-state index in [9.17, 15) is 8.42 Å². The second-order valence-corrected chi connectivity index (χ2v) is 8.86. The highest BCUT2D eigenvalue weighted by Crippen LogP contribution is 2.39. The van der Waals surface area contributed by atoms with Gasteiger partial charge in [0.25, 0.3) is 0 Å². The van der Waals surface area contributed by atoms with E-state index in [0.717, 1.165) is 24.8 Å². The number of nitrogens with two attached hydrogens (primary N) is 1. The molecule has 0 amide bonds. The van der Waals surface area contributed by atoms with Crippen molar-refractivity contribution >= 4 is 33.0 Å². The highest BCUT2D eigenvalue weighted by molar-refractivity contribution is 7.91. The molecule has 1 aromatic rings. The summed E-state index contributed by atoms with van der Waals surface area (Å²) < 4.78 is 23.6. The van der Waals surface area contributed by atoms with Crippen molar-refractivity contribution in [3.8, 4) is 0 Å². The standard InChI is InChI=1S/C14H20Cl2N2O2S/c1-21(19,20)11-4-2-3-9(7-11)14(18-17)12-6-5-10(15)8-13(12)16/h5-6,8-9,11,14,18H,2-4,7,17H2,1H3. The lowest BCUT2D eigenvalue weighted by Gasteiger charge is -2.34. The first-order chi connectivity index (χ1) is 9.82. The summed E-state index contributed by atoms with van der Waals surface area (Å²) in [5, 5.41) is 0.822. The molecule has 1 aliphatic carbocycles. The molecule has 0 aliphatic heterocycles. The molecule has 3 N–H and O–H groups in total. The molecule has 4 nitrogen and oxygen atoms in total. The Morgan fingerprint density at radius 3 is 2.62 bits per heavy atom. The fourth-order valence-electron chi connectivity index (χ4n) is 3.11. The average Bonchev–Trinajstić information content (AvgIpc) is 2.41. The summed E-state index contributed by atoms with van der Waals surface area (Å²) in [7, 11) is -3.02. The first-order valence-corrected chi connectivity index (χ1v) is 9.64. The van der Waals surface area contributed by atoms with Gasteiger partial charge < -0.3 is 0 Å². The highest BCUT2D eigenvalue weighted by Gasteiger charge is 2.34. The van der Waals surface area contributed by atoms with Gasteiger partial charge in [0.1, 0.15) is 9.84 Å². The lowest BCUT2D eigenvalue weighted by Crippen LogP contribution is -2.38. The number of rotatable bonds is 4. The smallest absolute Gasteiger partial charge is 0.150 e. The van der Waals surface area contributed by atoms with Gasteiger partial charge in [-0.2, -0.15) is 0 Å². The van der Waals surface area contributed by atoms with Crippen LogP contribution in [0.15, 0.2) is 18.2 Å². The van der Waals surface area contributed by atoms with E-state index >= 15 is 0 Å². The van der Waals surface area contributed by atoms with E-state index in [1.807, 2.05) is 6.07 Å². The number of sulfone groups is 1. The maximum Gasteiger partial charge on any atom is 0.150 e. The summed E-state index contributed by atoms with van der Waals surface area (Å²) in [6, 6.07) is 5.13. The Bertz CT molecular complexity index is 607. The maximum absolute atomic E-state index is 11.8. The largest absolute Gasteiger partial charge is 0.271 e. The van der Waals surface area contributed by atoms with Crippen LogP contribution in [0.1, 0.15) is 37.3 Å². The Hall–Kier alpha value is -0.330. The second kappa shape index (κ2) is 6.84. The van der Waals surface area contributed by atoms with Crippen molar-refractivity contribution in [3.63, 3.8) is 0 Å². The van der Waals surface area contributed by atoms with Gasteiger partial charge in [0.2, 0.25) is 0 Å². The van der Waals surface area contributed by atoms with Gasteiger partial charge in [-0.25, -0.2) is 8.42 Å². The van der Waals surface area contributed by atoms with Crippen LogP contribution in [0.2, 0.25) is 10.0 Å². The minimum atomic E-state index is -3.02. The molecule has 118 valence electrons. The summed E-state index contributed by atoms with van der Waals surface area (Å²) in [5.74, 6) is 5.85. The van der Waals surface area contributed by atoms with Gasteiger partial charge in [-0.15, -0.1) is 0 Å². The normalized spacial score (nSPS) is 24.8. The summed E-state index contributed by atoms with van der Waals surface area (Å²) in [5.41, 5.74) is 3.66. The molecule has 0 radical (unpaired) electrons. The predicted molar refractivity (Wildman–Crippen MR) is 87.1 cm³/mol. The van der Waals surface area contributed by atoms with Gasteiger partial charge in [-0.3, -0.25) is 11.3 Å². The Morgan fingerprint density at radius 1 is 1.33 bits per heavy atom. The van der Waals surface area contributed by atoms with Crippen molar-refractivity contribution in [2.45, 2.75) is 37.0 Å². The van der Waals surface area contributed by atoms with E-state index in [0.29, 0.717) is 16.5 Å². The van der Waals surface area contributed by atoms with Crippen LogP contribution in [0.5, 0.6) is 0 Å². The Balaban J connectivity index is 2.24. The van der Waals surface area contributed by atoms with Crippen LogP contribution >= 0.6 is 23.2 Å². The van der Waals surface area contributed by atoms with Crippen molar-refractivity contribution in [2.24, 2.45) is 11.8 Å². The van der Waals surface area contributed by atoms with Crippen LogP contribution < -0.4 is 11.3 Å². The number of halogens is 2. The van der Waals surface area contributed by atoms with Crippen LogP contribution in [0.4, 0.5) is 0 Å². The van der Waals surface area contributed by atoms with E-state index in [2.05, 4.69) is 5.43 Å². The van der Waals surface area contributed by atoms with Crippen molar-refractivity contribution in [1.29, 1.82) is 0 Å². The van der Waals surface area contributed by atoms with Crippen molar-refractivity contribution in [3.05, 3.63) is 33.8 Å². The molecule has 1 saturated carbocycles. The molecule has 21 heavy (non-hydrogen) atoms. The van der Waals surface area contributed by atoms with Crippen molar-refractivity contribution in [1.82, 2.24) is 5.43 Å². The first-order valence-electron chi connectivity index (χ1n) is 6.93. The van der Waals surface area contributed by atoms with Gasteiger partial charge >= 0.3 is 0 Å². The van der Waals surface area contributed by atoms with Gasteiger partial charge in [-0.05, 0) is 42.9 Å². The van der Waals surface area contributed by atoms with Crippen molar-refractivity contribution < 1.29 is 8.42 Å². The zero-order valence-corrected chi connectivity index (χ0v) is 14.2. The molecule has 7 heteroatoms. The number of hydrogen-bond donors (Lipinski definition) is 2. The minimum absolute atomic E-state index is 0.141. The molecule has 0 bridgehead atoms. The average molecular weight is 351 g/mol. The summed E-state index contributed by atoms with van der Waals surface area (Å²) in [6.45, 7) is 0. The fourth-order valence-corrected chi connectivity index (χ4v) is 4.82. The van der Waals surface area contributed by atoms with Gasteiger partial charge in [-0.1, -0.05) is 35.7 Å². The number of nitrogens with one attached hydrogen (secondary N) is 1. The van der Waals surface area contributed by atoms with Crippen LogP contribution in [0.3, 0.4) is 0 Å². The quantitative estimate of drug-likeness (QED) is 0.646. The number of hydrazine groups is 1. The lowest BCUT2D eigenvalue weighted by molar-refractivity contribution is 0.274. The number of benzene rings is 1. The van der Waals surface area contributed by atoms with Gasteiger partial charge in [0.05, 0.1) is 11.3 Å². The molecule has 1 fully saturated rings. The summed E-state index contributed by atoms with van der Waals surface area (Å²) in [6.07, 6.45) is 4.44. The minimum Gasteiger partial charge on any atom is -0.271 e. The molecular weight excluding hydrogens is 331 g/mol. The molecule has 2 rings (SSSR count). The van der Waals surface area contributed by atoms with Crippen LogP contribution in [0, 0.1) is 5.92 Å². The molecule has 0 aromatic heterocycles. The fraction of sp³-hybridized carbons (Fsp3) is 0.571. The zero-order chi connectivity index (χ0) is 15.6. The van der Waals surface area contributed by atoms with E-state index < -0.39 is 9.84 Å². The molecule has 0 heterocycles. The topological polar surface area (TPSA) is 72.2 Å². The zero-order valence-electron chi connectivity index (χ0n) is 11.9. The molecule has 0 spiro atoms. The molecule has 3 unspecified atom stereocenters. The van der Waals surface area contributed by atoms with Crippen molar-refractivity contribution in [2.75, 3.05) is 6.26 Å². The third-order valence-electron chi connectivity index (χ3n) is 4.22. The molecular formula is C14H20Cl2N2O2S.